The second-order valence-corrected chi connectivity index (χ2v) is 6.24. The molecule has 0 spiro atoms. The Morgan fingerprint density at radius 2 is 1.86 bits per heavy atom. The van der Waals surface area contributed by atoms with Gasteiger partial charge in [0.15, 0.2) is 11.6 Å². The summed E-state index contributed by atoms with van der Waals surface area (Å²) in [5.74, 6) is -0.189. The van der Waals surface area contributed by atoms with E-state index in [4.69, 9.17) is 21.9 Å². The first-order valence-electron chi connectivity index (χ1n) is 9.13. The Morgan fingerprint density at radius 3 is 2.55 bits per heavy atom. The number of unbranched alkanes of at least 4 members (excludes halogenated alkanes) is 1. The summed E-state index contributed by atoms with van der Waals surface area (Å²) in [5, 5.41) is 10.7. The molecule has 1 atom stereocenters. The number of nitrogens with one attached hydrogen (secondary N) is 1. The molecule has 2 aromatic rings. The molecule has 2 rings (SSSR count). The van der Waals surface area contributed by atoms with Gasteiger partial charge in [0.05, 0.1) is 6.04 Å². The number of ether oxygens (including phenoxy) is 1. The van der Waals surface area contributed by atoms with Gasteiger partial charge in [-0.15, -0.1) is 10.2 Å². The van der Waals surface area contributed by atoms with Gasteiger partial charge in [-0.05, 0) is 43.7 Å². The summed E-state index contributed by atoms with van der Waals surface area (Å²) in [4.78, 5) is 27.4. The third-order valence-corrected chi connectivity index (χ3v) is 3.84. The van der Waals surface area contributed by atoms with Gasteiger partial charge in [0.1, 0.15) is 17.2 Å². The predicted molar refractivity (Wildman–Crippen MR) is 110 cm³/mol. The van der Waals surface area contributed by atoms with Gasteiger partial charge in [0, 0.05) is 6.92 Å². The van der Waals surface area contributed by atoms with Crippen LogP contribution in [-0.2, 0) is 9.59 Å². The number of carbonyl (C=O) groups excluding carboxylic acids is 2. The van der Waals surface area contributed by atoms with Crippen LogP contribution in [0.5, 0.6) is 5.75 Å². The lowest BCUT2D eigenvalue weighted by atomic mass is 10.1. The van der Waals surface area contributed by atoms with Crippen molar-refractivity contribution in [3.05, 3.63) is 36.4 Å². The van der Waals surface area contributed by atoms with Gasteiger partial charge < -0.3 is 27.3 Å². The van der Waals surface area contributed by atoms with Crippen molar-refractivity contribution < 1.29 is 14.3 Å². The summed E-state index contributed by atoms with van der Waals surface area (Å²) < 4.78 is 5.08. The third-order valence-electron chi connectivity index (χ3n) is 3.84. The highest BCUT2D eigenvalue weighted by Crippen LogP contribution is 2.30. The standard InChI is InChI=1S/C19H25N7O3/c1-12(27)29-16-8-3-2-7-14(16)25-26-15-9-10-17(23-18(15)22)24-19(28)13(21)6-4-5-11-20/h2-3,7-10,13H,4-6,11,20-21H2,1H3,(H3,22,23,24,28)/b26-25+/t13-/m0/s1. The van der Waals surface area contributed by atoms with Crippen molar-refractivity contribution in [2.45, 2.75) is 32.2 Å². The average Bonchev–Trinajstić information content (AvgIpc) is 2.68. The quantitative estimate of drug-likeness (QED) is 0.217. The number of pyridine rings is 1. The number of aromatic nitrogens is 1. The fraction of sp³-hybridized carbons (Fsp3) is 0.316. The van der Waals surface area contributed by atoms with Crippen LogP contribution in [-0.4, -0.2) is 29.4 Å². The molecule has 0 fully saturated rings. The summed E-state index contributed by atoms with van der Waals surface area (Å²) in [6.07, 6.45) is 2.12. The average molecular weight is 399 g/mol. The highest BCUT2D eigenvalue weighted by molar-refractivity contribution is 5.94. The number of nitrogens with two attached hydrogens (primary N) is 3. The molecule has 1 heterocycles. The SMILES string of the molecule is CC(=O)Oc1ccccc1/N=N/c1ccc(NC(=O)[C@@H](N)CCCCN)nc1N. The summed E-state index contributed by atoms with van der Waals surface area (Å²) in [5.41, 5.74) is 17.9. The lowest BCUT2D eigenvalue weighted by molar-refractivity contribution is -0.131. The fourth-order valence-corrected chi connectivity index (χ4v) is 2.37. The van der Waals surface area contributed by atoms with Gasteiger partial charge >= 0.3 is 5.97 Å². The van der Waals surface area contributed by atoms with Crippen LogP contribution in [0, 0.1) is 0 Å². The maximum atomic E-state index is 12.1. The molecule has 29 heavy (non-hydrogen) atoms. The second kappa shape index (κ2) is 10.8. The van der Waals surface area contributed by atoms with Crippen LogP contribution >= 0.6 is 0 Å². The maximum absolute atomic E-state index is 12.1. The Balaban J connectivity index is 2.05. The number of para-hydroxylation sites is 1. The second-order valence-electron chi connectivity index (χ2n) is 6.24. The van der Waals surface area contributed by atoms with Gasteiger partial charge in [0.25, 0.3) is 0 Å². The molecule has 1 amide bonds. The molecule has 1 aromatic carbocycles. The summed E-state index contributed by atoms with van der Waals surface area (Å²) in [6.45, 7) is 1.86. The van der Waals surface area contributed by atoms with E-state index in [0.717, 1.165) is 12.8 Å². The smallest absolute Gasteiger partial charge is 0.308 e. The maximum Gasteiger partial charge on any atom is 0.308 e. The van der Waals surface area contributed by atoms with Crippen molar-refractivity contribution in [2.24, 2.45) is 21.7 Å². The third kappa shape index (κ3) is 6.94. The van der Waals surface area contributed by atoms with Crippen LogP contribution in [0.2, 0.25) is 0 Å². The molecule has 0 radical (unpaired) electrons. The Hall–Kier alpha value is -3.37. The van der Waals surface area contributed by atoms with E-state index >= 15 is 0 Å². The van der Waals surface area contributed by atoms with E-state index in [1.54, 1.807) is 36.4 Å². The van der Waals surface area contributed by atoms with E-state index in [-0.39, 0.29) is 23.3 Å². The zero-order valence-corrected chi connectivity index (χ0v) is 16.2. The normalized spacial score (nSPS) is 12.0. The summed E-state index contributed by atoms with van der Waals surface area (Å²) >= 11 is 0. The Morgan fingerprint density at radius 1 is 1.14 bits per heavy atom. The van der Waals surface area contributed by atoms with Crippen molar-refractivity contribution in [3.63, 3.8) is 0 Å². The number of carbonyl (C=O) groups is 2. The molecule has 0 unspecified atom stereocenters. The van der Waals surface area contributed by atoms with Crippen molar-refractivity contribution >= 4 is 34.9 Å². The first-order chi connectivity index (χ1) is 13.9. The minimum Gasteiger partial charge on any atom is -0.424 e. The minimum absolute atomic E-state index is 0.0771. The minimum atomic E-state index is -0.651. The molecular formula is C19H25N7O3. The number of rotatable bonds is 9. The predicted octanol–water partition coefficient (Wildman–Crippen LogP) is 2.40. The summed E-state index contributed by atoms with van der Waals surface area (Å²) in [6, 6.07) is 9.16. The number of hydrogen-bond acceptors (Lipinski definition) is 9. The molecule has 10 nitrogen and oxygen atoms in total. The van der Waals surface area contributed by atoms with Crippen molar-refractivity contribution in [1.82, 2.24) is 4.98 Å². The van der Waals surface area contributed by atoms with Crippen molar-refractivity contribution in [3.8, 4) is 5.75 Å². The number of anilines is 2. The van der Waals surface area contributed by atoms with E-state index in [9.17, 15) is 9.59 Å². The Bertz CT molecular complexity index is 886. The molecule has 0 saturated heterocycles. The first kappa shape index (κ1) is 21.9. The number of nitrogens with zero attached hydrogens (tertiary/aromatic N) is 3. The van der Waals surface area contributed by atoms with Crippen molar-refractivity contribution in [2.75, 3.05) is 17.6 Å². The number of hydrogen-bond donors (Lipinski definition) is 4. The first-order valence-corrected chi connectivity index (χ1v) is 9.13. The van der Waals surface area contributed by atoms with Crippen LogP contribution in [0.25, 0.3) is 0 Å². The molecule has 154 valence electrons. The topological polar surface area (TPSA) is 171 Å². The molecule has 0 bridgehead atoms. The number of nitrogen functional groups attached to an aromatic ring is 1. The van der Waals surface area contributed by atoms with Gasteiger partial charge in [-0.3, -0.25) is 9.59 Å². The van der Waals surface area contributed by atoms with E-state index in [2.05, 4.69) is 20.5 Å². The molecule has 0 aliphatic rings. The zero-order chi connectivity index (χ0) is 21.2. The molecule has 0 aliphatic carbocycles. The van der Waals surface area contributed by atoms with Crippen LogP contribution in [0.4, 0.5) is 23.0 Å². The molecule has 1 aromatic heterocycles. The molecule has 7 N–H and O–H groups in total. The van der Waals surface area contributed by atoms with Crippen LogP contribution in [0.1, 0.15) is 26.2 Å². The Labute approximate surface area is 168 Å². The van der Waals surface area contributed by atoms with Gasteiger partial charge in [-0.1, -0.05) is 18.6 Å². The summed E-state index contributed by atoms with van der Waals surface area (Å²) in [7, 11) is 0. The molecule has 0 aliphatic heterocycles. The zero-order valence-electron chi connectivity index (χ0n) is 16.2. The van der Waals surface area contributed by atoms with Crippen LogP contribution < -0.4 is 27.3 Å². The number of esters is 1. The molecule has 0 saturated carbocycles. The number of amides is 1. The van der Waals surface area contributed by atoms with Gasteiger partial charge in [0.2, 0.25) is 5.91 Å². The molecule has 10 heteroatoms. The van der Waals surface area contributed by atoms with E-state index in [1.165, 1.54) is 6.92 Å². The Kier molecular flexibility index (Phi) is 8.19. The van der Waals surface area contributed by atoms with Crippen LogP contribution in [0.15, 0.2) is 46.6 Å². The molecular weight excluding hydrogens is 374 g/mol. The fourth-order valence-electron chi connectivity index (χ4n) is 2.37. The van der Waals surface area contributed by atoms with Crippen LogP contribution in [0.3, 0.4) is 0 Å². The lowest BCUT2D eigenvalue weighted by Gasteiger charge is -2.12. The van der Waals surface area contributed by atoms with E-state index < -0.39 is 12.0 Å². The van der Waals surface area contributed by atoms with Gasteiger partial charge in [-0.2, -0.15) is 0 Å². The largest absolute Gasteiger partial charge is 0.424 e. The van der Waals surface area contributed by atoms with Crippen molar-refractivity contribution in [1.29, 1.82) is 0 Å². The van der Waals surface area contributed by atoms with E-state index in [1.807, 2.05) is 0 Å². The number of benzene rings is 1. The van der Waals surface area contributed by atoms with E-state index in [0.29, 0.717) is 24.3 Å². The van der Waals surface area contributed by atoms with Gasteiger partial charge in [-0.25, -0.2) is 4.98 Å². The highest BCUT2D eigenvalue weighted by Gasteiger charge is 2.14. The number of azo groups is 1. The highest BCUT2D eigenvalue weighted by atomic mass is 16.5. The lowest BCUT2D eigenvalue weighted by Crippen LogP contribution is -2.35. The monoisotopic (exact) mass is 399 g/mol.